The van der Waals surface area contributed by atoms with Gasteiger partial charge in [0.05, 0.1) is 16.8 Å². The second-order valence-corrected chi connectivity index (χ2v) is 3.38. The Labute approximate surface area is 57.9 Å². The maximum absolute atomic E-state index is 11.2. The minimum atomic E-state index is -4.25. The van der Waals surface area contributed by atoms with Gasteiger partial charge in [-0.05, 0) is 0 Å². The molecule has 1 atom stereocenters. The summed E-state index contributed by atoms with van der Waals surface area (Å²) in [5.74, 6) is -0.523. The smallest absolute Gasteiger partial charge is 0.393 e. The van der Waals surface area contributed by atoms with Crippen molar-refractivity contribution in [2.75, 3.05) is 5.75 Å². The fourth-order valence-electron chi connectivity index (χ4n) is 0.196. The van der Waals surface area contributed by atoms with E-state index >= 15 is 0 Å². The summed E-state index contributed by atoms with van der Waals surface area (Å²) in [5.41, 5.74) is 0. The standard InChI is InChI=1S/C3H4ClF3OS/c4-9(8)2-1-3(5,6)7/h1-2H2. The van der Waals surface area contributed by atoms with Crippen molar-refractivity contribution < 1.29 is 17.7 Å². The van der Waals surface area contributed by atoms with Crippen molar-refractivity contribution in [2.24, 2.45) is 0 Å². The Hall–Kier alpha value is 0.390. The molecule has 0 aromatic rings. The molecule has 6 heteroatoms. The van der Waals surface area contributed by atoms with E-state index in [-0.39, 0.29) is 0 Å². The molecule has 0 amide bonds. The molecule has 0 aliphatic heterocycles. The minimum Gasteiger partial charge on any atom is -0.599 e. The average Bonchev–Trinajstić information content (AvgIpc) is 1.59. The lowest BCUT2D eigenvalue weighted by molar-refractivity contribution is -0.129. The summed E-state index contributed by atoms with van der Waals surface area (Å²) >= 11 is 0. The highest BCUT2D eigenvalue weighted by Gasteiger charge is 2.29. The fraction of sp³-hybridized carbons (Fsp3) is 1.00. The molecule has 0 aromatic carbocycles. The molecule has 0 saturated carbocycles. The Kier molecular flexibility index (Phi) is 3.68. The van der Waals surface area contributed by atoms with Crippen LogP contribution in [0.15, 0.2) is 0 Å². The SMILES string of the molecule is [O-][S+](Cl)CCC(F)(F)F. The van der Waals surface area contributed by atoms with Gasteiger partial charge in [-0.3, -0.25) is 0 Å². The van der Waals surface area contributed by atoms with E-state index in [1.54, 1.807) is 0 Å². The zero-order valence-corrected chi connectivity index (χ0v) is 5.81. The Morgan fingerprint density at radius 3 is 2.00 bits per heavy atom. The van der Waals surface area contributed by atoms with Crippen molar-refractivity contribution in [3.05, 3.63) is 0 Å². The quantitative estimate of drug-likeness (QED) is 0.595. The van der Waals surface area contributed by atoms with E-state index < -0.39 is 28.7 Å². The van der Waals surface area contributed by atoms with Gasteiger partial charge < -0.3 is 4.55 Å². The second-order valence-electron chi connectivity index (χ2n) is 1.36. The van der Waals surface area contributed by atoms with Crippen molar-refractivity contribution in [2.45, 2.75) is 12.6 Å². The van der Waals surface area contributed by atoms with Crippen molar-refractivity contribution in [1.29, 1.82) is 0 Å². The number of halogens is 4. The van der Waals surface area contributed by atoms with E-state index in [1.807, 2.05) is 0 Å². The van der Waals surface area contributed by atoms with Gasteiger partial charge in [0, 0.05) is 0 Å². The van der Waals surface area contributed by atoms with Gasteiger partial charge in [-0.2, -0.15) is 13.2 Å². The summed E-state index contributed by atoms with van der Waals surface area (Å²) < 4.78 is 43.5. The largest absolute Gasteiger partial charge is 0.599 e. The van der Waals surface area contributed by atoms with Gasteiger partial charge in [0.25, 0.3) is 0 Å². The van der Waals surface area contributed by atoms with Crippen molar-refractivity contribution in [1.82, 2.24) is 0 Å². The highest BCUT2D eigenvalue weighted by atomic mass is 35.7. The number of hydrogen-bond acceptors (Lipinski definition) is 1. The highest BCUT2D eigenvalue weighted by molar-refractivity contribution is 8.13. The average molecular weight is 181 g/mol. The molecule has 0 rings (SSSR count). The molecule has 0 spiro atoms. The van der Waals surface area contributed by atoms with Crippen LogP contribution in [-0.2, 0) is 10.4 Å². The van der Waals surface area contributed by atoms with Crippen molar-refractivity contribution in [3.8, 4) is 0 Å². The van der Waals surface area contributed by atoms with E-state index in [9.17, 15) is 17.7 Å². The molecule has 0 aromatic heterocycles. The molecule has 0 aliphatic rings. The van der Waals surface area contributed by atoms with Crippen LogP contribution < -0.4 is 0 Å². The van der Waals surface area contributed by atoms with Gasteiger partial charge in [-0.1, -0.05) is 0 Å². The molecule has 0 aliphatic carbocycles. The third kappa shape index (κ3) is 8.39. The van der Waals surface area contributed by atoms with Crippen LogP contribution >= 0.6 is 10.7 Å². The third-order valence-electron chi connectivity index (χ3n) is 0.546. The number of alkyl halides is 3. The Morgan fingerprint density at radius 2 is 1.89 bits per heavy atom. The van der Waals surface area contributed by atoms with Gasteiger partial charge in [-0.25, -0.2) is 0 Å². The molecule has 0 N–H and O–H groups in total. The van der Waals surface area contributed by atoms with E-state index in [4.69, 9.17) is 10.7 Å². The van der Waals surface area contributed by atoms with Crippen LogP contribution in [0.1, 0.15) is 6.42 Å². The van der Waals surface area contributed by atoms with Crippen LogP contribution in [-0.4, -0.2) is 16.5 Å². The predicted octanol–water partition coefficient (Wildman–Crippen LogP) is 1.84. The summed E-state index contributed by atoms with van der Waals surface area (Å²) in [6.45, 7) is 0. The Balaban J connectivity index is 3.28. The van der Waals surface area contributed by atoms with Crippen LogP contribution in [0.3, 0.4) is 0 Å². The molecular formula is C3H4ClF3OS. The fourth-order valence-corrected chi connectivity index (χ4v) is 0.819. The van der Waals surface area contributed by atoms with Crippen LogP contribution in [0.2, 0.25) is 0 Å². The van der Waals surface area contributed by atoms with E-state index in [0.717, 1.165) is 0 Å². The van der Waals surface area contributed by atoms with E-state index in [1.165, 1.54) is 0 Å². The lowest BCUT2D eigenvalue weighted by Gasteiger charge is -2.03. The Bertz CT molecular complexity index is 83.6. The summed E-state index contributed by atoms with van der Waals surface area (Å²) in [4.78, 5) is 0. The van der Waals surface area contributed by atoms with E-state index in [2.05, 4.69) is 0 Å². The predicted molar refractivity (Wildman–Crippen MR) is 29.5 cm³/mol. The van der Waals surface area contributed by atoms with Gasteiger partial charge in [0.1, 0.15) is 5.75 Å². The molecule has 0 saturated heterocycles. The molecule has 0 bridgehead atoms. The van der Waals surface area contributed by atoms with Crippen LogP contribution in [0.5, 0.6) is 0 Å². The molecule has 0 radical (unpaired) electrons. The van der Waals surface area contributed by atoms with Crippen LogP contribution in [0.25, 0.3) is 0 Å². The van der Waals surface area contributed by atoms with Gasteiger partial charge in [0.2, 0.25) is 0 Å². The molecule has 0 fully saturated rings. The zero-order valence-electron chi connectivity index (χ0n) is 4.24. The van der Waals surface area contributed by atoms with Gasteiger partial charge in [-0.15, -0.1) is 0 Å². The first-order valence-corrected chi connectivity index (χ1v) is 4.18. The second kappa shape index (κ2) is 3.53. The molecule has 56 valence electrons. The minimum absolute atomic E-state index is 0.523. The highest BCUT2D eigenvalue weighted by Crippen LogP contribution is 2.20. The summed E-state index contributed by atoms with van der Waals surface area (Å²) in [5, 5.41) is 0. The molecule has 9 heavy (non-hydrogen) atoms. The van der Waals surface area contributed by atoms with Gasteiger partial charge >= 0.3 is 6.18 Å². The summed E-state index contributed by atoms with van der Waals surface area (Å²) in [7, 11) is 2.90. The van der Waals surface area contributed by atoms with Crippen LogP contribution in [0.4, 0.5) is 13.2 Å². The first kappa shape index (κ1) is 9.39. The first-order valence-electron chi connectivity index (χ1n) is 2.03. The molecular weight excluding hydrogens is 177 g/mol. The van der Waals surface area contributed by atoms with Crippen molar-refractivity contribution in [3.63, 3.8) is 0 Å². The third-order valence-corrected chi connectivity index (χ3v) is 1.53. The summed E-state index contributed by atoms with van der Waals surface area (Å²) in [6, 6.07) is 0. The normalized spacial score (nSPS) is 15.7. The molecule has 1 nitrogen and oxygen atoms in total. The molecule has 0 heterocycles. The monoisotopic (exact) mass is 180 g/mol. The summed E-state index contributed by atoms with van der Waals surface area (Å²) in [6.07, 6.45) is -5.33. The van der Waals surface area contributed by atoms with Gasteiger partial charge in [0.15, 0.2) is 10.7 Å². The number of hydrogen-bond donors (Lipinski definition) is 0. The zero-order chi connectivity index (χ0) is 7.49. The van der Waals surface area contributed by atoms with E-state index in [0.29, 0.717) is 0 Å². The first-order chi connectivity index (χ1) is 3.92. The van der Waals surface area contributed by atoms with Crippen LogP contribution in [0, 0.1) is 0 Å². The maximum Gasteiger partial charge on any atom is 0.393 e. The maximum atomic E-state index is 11.2. The lowest BCUT2D eigenvalue weighted by atomic mass is 10.5. The topological polar surface area (TPSA) is 23.1 Å². The lowest BCUT2D eigenvalue weighted by Crippen LogP contribution is -2.12. The van der Waals surface area contributed by atoms with Crippen molar-refractivity contribution >= 4 is 21.1 Å². The molecule has 1 unspecified atom stereocenters. The number of rotatable bonds is 2. The Morgan fingerprint density at radius 1 is 1.44 bits per heavy atom.